The molecule has 0 saturated carbocycles. The topological polar surface area (TPSA) is 50.4 Å². The second-order valence-corrected chi connectivity index (χ2v) is 4.32. The number of benzene rings is 1. The lowest BCUT2D eigenvalue weighted by atomic mass is 10.2. The van der Waals surface area contributed by atoms with Crippen LogP contribution < -0.4 is 15.4 Å². The van der Waals surface area contributed by atoms with Gasteiger partial charge in [0.25, 0.3) is 0 Å². The zero-order chi connectivity index (χ0) is 13.4. The Morgan fingerprint density at radius 1 is 1.39 bits per heavy atom. The number of amides is 2. The smallest absolute Gasteiger partial charge is 0.315 e. The lowest BCUT2D eigenvalue weighted by Crippen LogP contribution is -2.41. The predicted molar refractivity (Wildman–Crippen MR) is 73.0 cm³/mol. The normalized spacial score (nSPS) is 11.7. The Bertz CT molecular complexity index is 380. The first-order valence-corrected chi connectivity index (χ1v) is 6.36. The van der Waals surface area contributed by atoms with Crippen LogP contribution in [0.25, 0.3) is 0 Å². The van der Waals surface area contributed by atoms with Gasteiger partial charge in [-0.3, -0.25) is 0 Å². The van der Waals surface area contributed by atoms with Gasteiger partial charge in [-0.2, -0.15) is 0 Å². The van der Waals surface area contributed by atoms with E-state index in [1.807, 2.05) is 45.0 Å². The zero-order valence-corrected chi connectivity index (χ0v) is 11.3. The van der Waals surface area contributed by atoms with Crippen LogP contribution in [0.15, 0.2) is 24.3 Å². The number of ether oxygens (including phenoxy) is 1. The summed E-state index contributed by atoms with van der Waals surface area (Å²) in [6.07, 6.45) is 0.924. The summed E-state index contributed by atoms with van der Waals surface area (Å²) in [5, 5.41) is 5.60. The number of carbonyl (C=O) groups excluding carboxylic acids is 1. The van der Waals surface area contributed by atoms with E-state index in [2.05, 4.69) is 10.6 Å². The van der Waals surface area contributed by atoms with Crippen LogP contribution >= 0.6 is 0 Å². The van der Waals surface area contributed by atoms with Crippen LogP contribution in [0.3, 0.4) is 0 Å². The van der Waals surface area contributed by atoms with E-state index >= 15 is 0 Å². The fourth-order valence-corrected chi connectivity index (χ4v) is 1.42. The van der Waals surface area contributed by atoms with Gasteiger partial charge in [0.1, 0.15) is 12.4 Å². The second-order valence-electron chi connectivity index (χ2n) is 4.32. The van der Waals surface area contributed by atoms with Crippen molar-refractivity contribution in [3.05, 3.63) is 29.8 Å². The lowest BCUT2D eigenvalue weighted by Gasteiger charge is -2.13. The maximum atomic E-state index is 11.4. The summed E-state index contributed by atoms with van der Waals surface area (Å²) in [6.45, 7) is 6.98. The van der Waals surface area contributed by atoms with E-state index < -0.39 is 0 Å². The molecule has 1 rings (SSSR count). The Morgan fingerprint density at radius 2 is 2.11 bits per heavy atom. The summed E-state index contributed by atoms with van der Waals surface area (Å²) >= 11 is 0. The van der Waals surface area contributed by atoms with Crippen molar-refractivity contribution in [3.8, 4) is 5.75 Å². The number of hydrogen-bond acceptors (Lipinski definition) is 2. The number of nitrogens with one attached hydrogen (secondary N) is 2. The number of urea groups is 1. The van der Waals surface area contributed by atoms with Crippen LogP contribution in [0, 0.1) is 6.92 Å². The predicted octanol–water partition coefficient (Wildman–Crippen LogP) is 2.47. The summed E-state index contributed by atoms with van der Waals surface area (Å²) in [6, 6.07) is 7.89. The minimum absolute atomic E-state index is 0.141. The highest BCUT2D eigenvalue weighted by molar-refractivity contribution is 5.74. The number of carbonyl (C=O) groups is 1. The highest BCUT2D eigenvalue weighted by atomic mass is 16.5. The van der Waals surface area contributed by atoms with Gasteiger partial charge in [-0.05, 0) is 31.9 Å². The molecule has 1 aromatic carbocycles. The van der Waals surface area contributed by atoms with Gasteiger partial charge in [-0.1, -0.05) is 25.1 Å². The first-order valence-electron chi connectivity index (χ1n) is 6.36. The molecule has 1 atom stereocenters. The summed E-state index contributed by atoms with van der Waals surface area (Å²) in [7, 11) is 0. The van der Waals surface area contributed by atoms with E-state index in [4.69, 9.17) is 4.74 Å². The molecule has 0 aliphatic carbocycles. The van der Waals surface area contributed by atoms with Gasteiger partial charge in [0, 0.05) is 6.04 Å². The molecule has 2 N–H and O–H groups in total. The number of para-hydroxylation sites is 1. The van der Waals surface area contributed by atoms with Crippen LogP contribution in [0.5, 0.6) is 5.75 Å². The Balaban J connectivity index is 2.19. The molecule has 0 aliphatic heterocycles. The Morgan fingerprint density at radius 3 is 2.78 bits per heavy atom. The van der Waals surface area contributed by atoms with Crippen molar-refractivity contribution in [2.45, 2.75) is 33.2 Å². The molecule has 0 bridgehead atoms. The molecular weight excluding hydrogens is 228 g/mol. The lowest BCUT2D eigenvalue weighted by molar-refractivity contribution is 0.233. The minimum Gasteiger partial charge on any atom is -0.491 e. The average Bonchev–Trinajstić information content (AvgIpc) is 2.36. The monoisotopic (exact) mass is 250 g/mol. The summed E-state index contributed by atoms with van der Waals surface area (Å²) in [5.41, 5.74) is 1.10. The van der Waals surface area contributed by atoms with Gasteiger partial charge in [0.2, 0.25) is 0 Å². The average molecular weight is 250 g/mol. The number of aryl methyl sites for hydroxylation is 1. The highest BCUT2D eigenvalue weighted by Crippen LogP contribution is 2.15. The van der Waals surface area contributed by atoms with Gasteiger partial charge in [-0.25, -0.2) is 4.79 Å². The molecule has 0 radical (unpaired) electrons. The summed E-state index contributed by atoms with van der Waals surface area (Å²) in [4.78, 5) is 11.4. The molecule has 1 unspecified atom stereocenters. The van der Waals surface area contributed by atoms with E-state index in [1.165, 1.54) is 0 Å². The summed E-state index contributed by atoms with van der Waals surface area (Å²) in [5.74, 6) is 0.863. The maximum absolute atomic E-state index is 11.4. The van der Waals surface area contributed by atoms with Crippen molar-refractivity contribution < 1.29 is 9.53 Å². The molecule has 1 aromatic rings. The third-order valence-electron chi connectivity index (χ3n) is 2.73. The van der Waals surface area contributed by atoms with Crippen LogP contribution in [0.4, 0.5) is 4.79 Å². The van der Waals surface area contributed by atoms with Crippen molar-refractivity contribution in [2.75, 3.05) is 13.2 Å². The summed E-state index contributed by atoms with van der Waals surface area (Å²) < 4.78 is 5.58. The van der Waals surface area contributed by atoms with Crippen LogP contribution in [-0.2, 0) is 0 Å². The molecular formula is C14H22N2O2. The van der Waals surface area contributed by atoms with Gasteiger partial charge in [-0.15, -0.1) is 0 Å². The SMILES string of the molecule is CCC(C)NC(=O)NCCOc1ccccc1C. The van der Waals surface area contributed by atoms with Crippen LogP contribution in [0.2, 0.25) is 0 Å². The number of rotatable bonds is 6. The van der Waals surface area contributed by atoms with Gasteiger partial charge in [0.15, 0.2) is 0 Å². The van der Waals surface area contributed by atoms with Crippen molar-refractivity contribution in [1.29, 1.82) is 0 Å². The molecule has 4 heteroatoms. The zero-order valence-electron chi connectivity index (χ0n) is 11.3. The molecule has 100 valence electrons. The molecule has 0 heterocycles. The quantitative estimate of drug-likeness (QED) is 0.762. The molecule has 2 amide bonds. The second kappa shape index (κ2) is 7.58. The van der Waals surface area contributed by atoms with Crippen molar-refractivity contribution >= 4 is 6.03 Å². The van der Waals surface area contributed by atoms with Crippen LogP contribution in [-0.4, -0.2) is 25.2 Å². The molecule has 18 heavy (non-hydrogen) atoms. The highest BCUT2D eigenvalue weighted by Gasteiger charge is 2.04. The largest absolute Gasteiger partial charge is 0.491 e. The molecule has 0 aromatic heterocycles. The minimum atomic E-state index is -0.141. The maximum Gasteiger partial charge on any atom is 0.315 e. The molecule has 0 fully saturated rings. The first kappa shape index (κ1) is 14.4. The third kappa shape index (κ3) is 5.08. The van der Waals surface area contributed by atoms with Crippen molar-refractivity contribution in [1.82, 2.24) is 10.6 Å². The van der Waals surface area contributed by atoms with Crippen LogP contribution in [0.1, 0.15) is 25.8 Å². The standard InChI is InChI=1S/C14H22N2O2/c1-4-12(3)16-14(17)15-9-10-18-13-8-6-5-7-11(13)2/h5-8,12H,4,9-10H2,1-3H3,(H2,15,16,17). The Kier molecular flexibility index (Phi) is 6.05. The number of hydrogen-bond donors (Lipinski definition) is 2. The van der Waals surface area contributed by atoms with E-state index in [0.29, 0.717) is 13.2 Å². The van der Waals surface area contributed by atoms with E-state index in [9.17, 15) is 4.79 Å². The van der Waals surface area contributed by atoms with E-state index in [-0.39, 0.29) is 12.1 Å². The van der Waals surface area contributed by atoms with Gasteiger partial charge in [0.05, 0.1) is 6.54 Å². The van der Waals surface area contributed by atoms with Gasteiger partial charge < -0.3 is 15.4 Å². The van der Waals surface area contributed by atoms with Crippen molar-refractivity contribution in [3.63, 3.8) is 0 Å². The van der Waals surface area contributed by atoms with Gasteiger partial charge >= 0.3 is 6.03 Å². The third-order valence-corrected chi connectivity index (χ3v) is 2.73. The molecule has 4 nitrogen and oxygen atoms in total. The Labute approximate surface area is 109 Å². The fourth-order valence-electron chi connectivity index (χ4n) is 1.42. The molecule has 0 aliphatic rings. The molecule has 0 spiro atoms. The first-order chi connectivity index (χ1) is 8.63. The van der Waals surface area contributed by atoms with Crippen molar-refractivity contribution in [2.24, 2.45) is 0 Å². The molecule has 0 saturated heterocycles. The van der Waals surface area contributed by atoms with E-state index in [1.54, 1.807) is 0 Å². The van der Waals surface area contributed by atoms with E-state index in [0.717, 1.165) is 17.7 Å². The fraction of sp³-hybridized carbons (Fsp3) is 0.500. The Hall–Kier alpha value is -1.71.